The molecule has 2 saturated heterocycles. The van der Waals surface area contributed by atoms with Crippen molar-refractivity contribution in [2.24, 2.45) is 4.99 Å². The molecule has 1 N–H and O–H groups in total. The molecular formula is C16H18FN5O3S. The van der Waals surface area contributed by atoms with Crippen LogP contribution in [0.2, 0.25) is 0 Å². The van der Waals surface area contributed by atoms with Gasteiger partial charge in [-0.3, -0.25) is 15.2 Å². The van der Waals surface area contributed by atoms with Crippen LogP contribution in [0.5, 0.6) is 0 Å². The fourth-order valence-electron chi connectivity index (χ4n) is 2.83. The number of carbonyl (C=O) groups is 1. The van der Waals surface area contributed by atoms with Crippen LogP contribution in [0.25, 0.3) is 0 Å². The number of hydrogen-bond acceptors (Lipinski definition) is 6. The predicted molar refractivity (Wildman–Crippen MR) is 97.1 cm³/mol. The highest BCUT2D eigenvalue weighted by atomic mass is 32.1. The molecule has 3 rings (SSSR count). The van der Waals surface area contributed by atoms with Gasteiger partial charge in [0.1, 0.15) is 11.9 Å². The minimum Gasteiger partial charge on any atom is -0.442 e. The average molecular weight is 379 g/mol. The van der Waals surface area contributed by atoms with Crippen molar-refractivity contribution in [3.8, 4) is 6.19 Å². The number of thiol groups is 1. The van der Waals surface area contributed by atoms with Crippen LogP contribution in [0, 0.1) is 17.3 Å². The molecule has 2 heterocycles. The third-order valence-electron chi connectivity index (χ3n) is 4.08. The molecule has 2 aliphatic rings. The van der Waals surface area contributed by atoms with E-state index < -0.39 is 18.0 Å². The summed E-state index contributed by atoms with van der Waals surface area (Å²) in [6, 6.07) is 4.69. The number of benzene rings is 1. The lowest BCUT2D eigenvalue weighted by atomic mass is 10.2. The zero-order chi connectivity index (χ0) is 18.5. The van der Waals surface area contributed by atoms with Crippen molar-refractivity contribution >= 4 is 35.3 Å². The molecule has 0 bridgehead atoms. The van der Waals surface area contributed by atoms with E-state index in [4.69, 9.17) is 14.7 Å². The number of morpholine rings is 1. The van der Waals surface area contributed by atoms with Gasteiger partial charge in [0.2, 0.25) is 0 Å². The molecule has 138 valence electrons. The second kappa shape index (κ2) is 8.25. The summed E-state index contributed by atoms with van der Waals surface area (Å²) in [4.78, 5) is 19.4. The second-order valence-corrected chi connectivity index (χ2v) is 6.18. The number of nitrogens with one attached hydrogen (secondary N) is 1. The number of anilines is 2. The van der Waals surface area contributed by atoms with Crippen molar-refractivity contribution in [2.45, 2.75) is 6.10 Å². The van der Waals surface area contributed by atoms with E-state index in [-0.39, 0.29) is 18.3 Å². The van der Waals surface area contributed by atoms with E-state index >= 15 is 0 Å². The molecule has 0 radical (unpaired) electrons. The SMILES string of the molecule is N#CN/C(S)=N/C[C@@H]1CN(c2ccc(N3CCOCC3)c(F)c2)C(=O)O1. The molecule has 2 aliphatic heterocycles. The number of ether oxygens (including phenoxy) is 2. The van der Waals surface area contributed by atoms with E-state index in [0.29, 0.717) is 37.7 Å². The van der Waals surface area contributed by atoms with Gasteiger partial charge >= 0.3 is 6.09 Å². The first kappa shape index (κ1) is 18.3. The van der Waals surface area contributed by atoms with Crippen LogP contribution >= 0.6 is 12.6 Å². The average Bonchev–Trinajstić information content (AvgIpc) is 3.02. The van der Waals surface area contributed by atoms with Gasteiger partial charge in [0.25, 0.3) is 0 Å². The summed E-state index contributed by atoms with van der Waals surface area (Å²) in [6.07, 6.45) is 0.645. The zero-order valence-electron chi connectivity index (χ0n) is 13.9. The Labute approximate surface area is 155 Å². The number of nitrogens with zero attached hydrogens (tertiary/aromatic N) is 4. The van der Waals surface area contributed by atoms with Crippen LogP contribution in [0.1, 0.15) is 0 Å². The number of rotatable bonds is 4. The lowest BCUT2D eigenvalue weighted by Gasteiger charge is -2.29. The topological polar surface area (TPSA) is 90.2 Å². The van der Waals surface area contributed by atoms with Gasteiger partial charge in [0, 0.05) is 13.1 Å². The maximum absolute atomic E-state index is 14.5. The molecule has 1 aromatic carbocycles. The Hall–Kier alpha value is -2.51. The molecule has 0 saturated carbocycles. The number of amidine groups is 1. The second-order valence-electron chi connectivity index (χ2n) is 5.75. The number of cyclic esters (lactones) is 1. The fraction of sp³-hybridized carbons (Fsp3) is 0.438. The molecule has 0 aliphatic carbocycles. The maximum atomic E-state index is 14.5. The molecule has 2 fully saturated rings. The van der Waals surface area contributed by atoms with Crippen molar-refractivity contribution in [1.82, 2.24) is 5.32 Å². The monoisotopic (exact) mass is 379 g/mol. The first-order valence-electron chi connectivity index (χ1n) is 8.07. The molecule has 1 aromatic rings. The highest BCUT2D eigenvalue weighted by molar-refractivity contribution is 7.96. The van der Waals surface area contributed by atoms with Crippen LogP contribution in [0.4, 0.5) is 20.6 Å². The molecular weight excluding hydrogens is 361 g/mol. The minimum atomic E-state index is -0.558. The van der Waals surface area contributed by atoms with Crippen LogP contribution < -0.4 is 15.1 Å². The number of nitriles is 1. The van der Waals surface area contributed by atoms with Crippen molar-refractivity contribution in [3.63, 3.8) is 0 Å². The number of aliphatic imine (C=N–C) groups is 1. The maximum Gasteiger partial charge on any atom is 0.414 e. The van der Waals surface area contributed by atoms with E-state index in [1.54, 1.807) is 18.3 Å². The Kier molecular flexibility index (Phi) is 5.80. The van der Waals surface area contributed by atoms with Gasteiger partial charge < -0.3 is 14.4 Å². The van der Waals surface area contributed by atoms with E-state index in [9.17, 15) is 9.18 Å². The third-order valence-corrected chi connectivity index (χ3v) is 4.33. The van der Waals surface area contributed by atoms with Gasteiger partial charge in [-0.1, -0.05) is 0 Å². The predicted octanol–water partition coefficient (Wildman–Crippen LogP) is 1.34. The number of amides is 1. The Bertz CT molecular complexity index is 748. The zero-order valence-corrected chi connectivity index (χ0v) is 14.8. The van der Waals surface area contributed by atoms with Gasteiger partial charge in [-0.25, -0.2) is 9.18 Å². The highest BCUT2D eigenvalue weighted by Gasteiger charge is 2.32. The molecule has 1 atom stereocenters. The van der Waals surface area contributed by atoms with Crippen LogP contribution in [0.15, 0.2) is 23.2 Å². The summed E-state index contributed by atoms with van der Waals surface area (Å²) in [5.41, 5.74) is 0.922. The van der Waals surface area contributed by atoms with E-state index in [1.807, 2.05) is 4.90 Å². The number of halogens is 1. The lowest BCUT2D eigenvalue weighted by molar-refractivity contribution is 0.122. The number of carbonyl (C=O) groups excluding carboxylic acids is 1. The van der Waals surface area contributed by atoms with E-state index in [2.05, 4.69) is 22.9 Å². The summed E-state index contributed by atoms with van der Waals surface area (Å²) < 4.78 is 25.0. The summed E-state index contributed by atoms with van der Waals surface area (Å²) >= 11 is 3.97. The molecule has 8 nitrogen and oxygen atoms in total. The van der Waals surface area contributed by atoms with E-state index in [1.165, 1.54) is 11.0 Å². The summed E-state index contributed by atoms with van der Waals surface area (Å²) in [5, 5.41) is 10.9. The normalized spacial score (nSPS) is 20.7. The first-order chi connectivity index (χ1) is 12.6. The van der Waals surface area contributed by atoms with Crippen molar-refractivity contribution in [1.29, 1.82) is 5.26 Å². The fourth-order valence-corrected chi connectivity index (χ4v) is 2.96. The molecule has 0 aromatic heterocycles. The molecule has 1 amide bonds. The largest absolute Gasteiger partial charge is 0.442 e. The van der Waals surface area contributed by atoms with Crippen molar-refractivity contribution in [2.75, 3.05) is 49.2 Å². The minimum absolute atomic E-state index is 0.142. The number of hydrogen-bond donors (Lipinski definition) is 2. The standard InChI is InChI=1S/C16H18FN5O3S/c17-13-7-11(1-2-14(13)21-3-5-24-6-4-21)22-9-12(25-16(22)23)8-19-15(26)20-10-18/h1-2,7,12H,3-6,8-9H2,(H2,19,20,26)/t12-/m1/s1. The summed E-state index contributed by atoms with van der Waals surface area (Å²) in [5.74, 6) is -0.394. The summed E-state index contributed by atoms with van der Waals surface area (Å²) in [6.45, 7) is 2.79. The highest BCUT2D eigenvalue weighted by Crippen LogP contribution is 2.28. The van der Waals surface area contributed by atoms with Crippen molar-refractivity contribution < 1.29 is 18.7 Å². The first-order valence-corrected chi connectivity index (χ1v) is 8.52. The Morgan fingerprint density at radius 3 is 2.92 bits per heavy atom. The molecule has 0 spiro atoms. The molecule has 0 unspecified atom stereocenters. The van der Waals surface area contributed by atoms with E-state index in [0.717, 1.165) is 0 Å². The Morgan fingerprint density at radius 1 is 1.46 bits per heavy atom. The summed E-state index contributed by atoms with van der Waals surface area (Å²) in [7, 11) is 0. The van der Waals surface area contributed by atoms with Gasteiger partial charge in [0.05, 0.1) is 37.7 Å². The van der Waals surface area contributed by atoms with Crippen LogP contribution in [0.3, 0.4) is 0 Å². The smallest absolute Gasteiger partial charge is 0.414 e. The Balaban J connectivity index is 1.67. The Morgan fingerprint density at radius 2 is 2.23 bits per heavy atom. The van der Waals surface area contributed by atoms with Crippen LogP contribution in [-0.4, -0.2) is 56.8 Å². The van der Waals surface area contributed by atoms with Gasteiger partial charge in [-0.2, -0.15) is 5.26 Å². The molecule has 10 heteroatoms. The van der Waals surface area contributed by atoms with Gasteiger partial charge in [-0.05, 0) is 18.2 Å². The lowest BCUT2D eigenvalue weighted by Crippen LogP contribution is -2.36. The quantitative estimate of drug-likeness (QED) is 0.270. The van der Waals surface area contributed by atoms with Crippen molar-refractivity contribution in [3.05, 3.63) is 24.0 Å². The van der Waals surface area contributed by atoms with Gasteiger partial charge in [0.15, 0.2) is 11.4 Å². The van der Waals surface area contributed by atoms with Gasteiger partial charge in [-0.15, -0.1) is 12.6 Å². The molecule has 26 heavy (non-hydrogen) atoms. The van der Waals surface area contributed by atoms with Crippen LogP contribution in [-0.2, 0) is 9.47 Å². The third kappa shape index (κ3) is 4.17.